The third kappa shape index (κ3) is 3.06. The van der Waals surface area contributed by atoms with E-state index in [1.807, 2.05) is 6.07 Å². The van der Waals surface area contributed by atoms with Crippen molar-refractivity contribution in [3.63, 3.8) is 0 Å². The van der Waals surface area contributed by atoms with Crippen LogP contribution in [-0.2, 0) is 12.3 Å². The molecule has 0 spiro atoms. The van der Waals surface area contributed by atoms with Crippen molar-refractivity contribution in [2.75, 3.05) is 0 Å². The van der Waals surface area contributed by atoms with Crippen molar-refractivity contribution in [3.05, 3.63) is 45.8 Å². The maximum absolute atomic E-state index is 10.8. The SMILES string of the molecule is NCc1nnc(SCc2cccc([N+](=O)[O-])c2)n1C1CC1. The highest BCUT2D eigenvalue weighted by molar-refractivity contribution is 7.98. The minimum atomic E-state index is -0.382. The van der Waals surface area contributed by atoms with E-state index in [2.05, 4.69) is 14.8 Å². The van der Waals surface area contributed by atoms with Gasteiger partial charge in [0.1, 0.15) is 5.82 Å². The Bertz CT molecular complexity index is 668. The van der Waals surface area contributed by atoms with Gasteiger partial charge in [0, 0.05) is 23.9 Å². The third-order valence-corrected chi connectivity index (χ3v) is 4.33. The van der Waals surface area contributed by atoms with Crippen LogP contribution in [0, 0.1) is 10.1 Å². The normalized spacial score (nSPS) is 14.3. The highest BCUT2D eigenvalue weighted by Crippen LogP contribution is 2.39. The lowest BCUT2D eigenvalue weighted by molar-refractivity contribution is -0.384. The molecule has 8 heteroatoms. The van der Waals surface area contributed by atoms with Crippen LogP contribution in [0.3, 0.4) is 0 Å². The third-order valence-electron chi connectivity index (χ3n) is 3.32. The van der Waals surface area contributed by atoms with Crippen molar-refractivity contribution in [2.45, 2.75) is 36.3 Å². The average Bonchev–Trinajstić information content (AvgIpc) is 3.25. The fourth-order valence-electron chi connectivity index (χ4n) is 2.15. The first-order valence-electron chi connectivity index (χ1n) is 6.69. The standard InChI is InChI=1S/C13H15N5O2S/c14-7-12-15-16-13(17(12)10-4-5-10)21-8-9-2-1-3-11(6-9)18(19)20/h1-3,6,10H,4-5,7-8,14H2. The predicted octanol–water partition coefficient (Wildman–Crippen LogP) is 2.27. The van der Waals surface area contributed by atoms with Crippen LogP contribution in [-0.4, -0.2) is 19.7 Å². The molecule has 0 bridgehead atoms. The molecule has 110 valence electrons. The molecule has 0 unspecified atom stereocenters. The van der Waals surface area contributed by atoms with Crippen LogP contribution in [0.25, 0.3) is 0 Å². The number of non-ortho nitro benzene ring substituents is 1. The van der Waals surface area contributed by atoms with Gasteiger partial charge in [-0.1, -0.05) is 23.9 Å². The minimum absolute atomic E-state index is 0.111. The van der Waals surface area contributed by atoms with Gasteiger partial charge in [-0.3, -0.25) is 10.1 Å². The Morgan fingerprint density at radius 1 is 1.43 bits per heavy atom. The summed E-state index contributed by atoms with van der Waals surface area (Å²) in [4.78, 5) is 10.4. The summed E-state index contributed by atoms with van der Waals surface area (Å²) in [7, 11) is 0. The Morgan fingerprint density at radius 3 is 2.90 bits per heavy atom. The molecular formula is C13H15N5O2S. The fraction of sp³-hybridized carbons (Fsp3) is 0.385. The van der Waals surface area contributed by atoms with Gasteiger partial charge >= 0.3 is 0 Å². The summed E-state index contributed by atoms with van der Waals surface area (Å²) in [6, 6.07) is 7.13. The molecule has 3 rings (SSSR count). The molecule has 0 aliphatic heterocycles. The van der Waals surface area contributed by atoms with Crippen LogP contribution in [0.2, 0.25) is 0 Å². The molecule has 1 heterocycles. The summed E-state index contributed by atoms with van der Waals surface area (Å²) in [6.45, 7) is 0.376. The van der Waals surface area contributed by atoms with Gasteiger partial charge in [-0.25, -0.2) is 0 Å². The summed E-state index contributed by atoms with van der Waals surface area (Å²) in [5, 5.41) is 19.9. The maximum Gasteiger partial charge on any atom is 0.269 e. The first-order chi connectivity index (χ1) is 10.2. The van der Waals surface area contributed by atoms with Gasteiger partial charge in [-0.05, 0) is 18.4 Å². The van der Waals surface area contributed by atoms with E-state index in [0.717, 1.165) is 29.4 Å². The second-order valence-electron chi connectivity index (χ2n) is 4.92. The zero-order valence-electron chi connectivity index (χ0n) is 11.3. The second kappa shape index (κ2) is 5.82. The predicted molar refractivity (Wildman–Crippen MR) is 78.8 cm³/mol. The van der Waals surface area contributed by atoms with Gasteiger partial charge in [0.25, 0.3) is 5.69 Å². The highest BCUT2D eigenvalue weighted by atomic mass is 32.2. The van der Waals surface area contributed by atoms with Crippen LogP contribution in [0.15, 0.2) is 29.4 Å². The smallest absolute Gasteiger partial charge is 0.269 e. The van der Waals surface area contributed by atoms with Gasteiger partial charge in [0.05, 0.1) is 11.5 Å². The lowest BCUT2D eigenvalue weighted by atomic mass is 10.2. The Labute approximate surface area is 125 Å². The zero-order chi connectivity index (χ0) is 14.8. The van der Waals surface area contributed by atoms with Crippen molar-refractivity contribution in [3.8, 4) is 0 Å². The largest absolute Gasteiger partial charge is 0.324 e. The molecule has 1 aromatic carbocycles. The molecule has 2 N–H and O–H groups in total. The van der Waals surface area contributed by atoms with Crippen LogP contribution in [0.5, 0.6) is 0 Å². The Balaban J connectivity index is 1.74. The molecule has 21 heavy (non-hydrogen) atoms. The van der Waals surface area contributed by atoms with E-state index in [1.54, 1.807) is 12.1 Å². The molecule has 0 radical (unpaired) electrons. The summed E-state index contributed by atoms with van der Waals surface area (Å²) >= 11 is 1.54. The number of hydrogen-bond acceptors (Lipinski definition) is 6. The number of rotatable bonds is 6. The van der Waals surface area contributed by atoms with E-state index in [1.165, 1.54) is 17.8 Å². The van der Waals surface area contributed by atoms with E-state index in [4.69, 9.17) is 5.73 Å². The van der Waals surface area contributed by atoms with E-state index < -0.39 is 0 Å². The van der Waals surface area contributed by atoms with E-state index in [0.29, 0.717) is 18.3 Å². The number of nitro groups is 1. The lowest BCUT2D eigenvalue weighted by Crippen LogP contribution is -2.08. The molecule has 1 aliphatic rings. The molecule has 0 amide bonds. The van der Waals surface area contributed by atoms with Crippen molar-refractivity contribution in [1.29, 1.82) is 0 Å². The topological polar surface area (TPSA) is 99.9 Å². The Kier molecular flexibility index (Phi) is 3.89. The van der Waals surface area contributed by atoms with Crippen LogP contribution in [0.1, 0.15) is 30.3 Å². The lowest BCUT2D eigenvalue weighted by Gasteiger charge is -2.07. The number of hydrogen-bond donors (Lipinski definition) is 1. The number of nitro benzene ring substituents is 1. The first kappa shape index (κ1) is 14.0. The zero-order valence-corrected chi connectivity index (χ0v) is 12.1. The van der Waals surface area contributed by atoms with Crippen molar-refractivity contribution >= 4 is 17.4 Å². The Hall–Kier alpha value is -1.93. The second-order valence-corrected chi connectivity index (χ2v) is 5.86. The summed E-state index contributed by atoms with van der Waals surface area (Å²) < 4.78 is 2.10. The van der Waals surface area contributed by atoms with Crippen LogP contribution >= 0.6 is 11.8 Å². The minimum Gasteiger partial charge on any atom is -0.324 e. The van der Waals surface area contributed by atoms with Gasteiger partial charge in [0.15, 0.2) is 5.16 Å². The summed E-state index contributed by atoms with van der Waals surface area (Å²) in [5.41, 5.74) is 6.69. The number of benzene rings is 1. The summed E-state index contributed by atoms with van der Waals surface area (Å²) in [6.07, 6.45) is 2.27. The summed E-state index contributed by atoms with van der Waals surface area (Å²) in [5.74, 6) is 1.43. The van der Waals surface area contributed by atoms with Crippen molar-refractivity contribution in [2.24, 2.45) is 5.73 Å². The quantitative estimate of drug-likeness (QED) is 0.499. The molecule has 2 aromatic rings. The first-order valence-corrected chi connectivity index (χ1v) is 7.67. The van der Waals surface area contributed by atoms with Gasteiger partial charge in [-0.15, -0.1) is 10.2 Å². The maximum atomic E-state index is 10.8. The molecule has 0 atom stereocenters. The molecule has 1 fully saturated rings. The Morgan fingerprint density at radius 2 is 2.24 bits per heavy atom. The van der Waals surface area contributed by atoms with E-state index in [-0.39, 0.29) is 10.6 Å². The van der Waals surface area contributed by atoms with Crippen LogP contribution in [0.4, 0.5) is 5.69 Å². The molecule has 1 saturated carbocycles. The average molecular weight is 305 g/mol. The highest BCUT2D eigenvalue weighted by Gasteiger charge is 2.29. The molecule has 7 nitrogen and oxygen atoms in total. The van der Waals surface area contributed by atoms with Gasteiger partial charge in [0.2, 0.25) is 0 Å². The van der Waals surface area contributed by atoms with E-state index in [9.17, 15) is 10.1 Å². The number of nitrogens with two attached hydrogens (primary N) is 1. The molecular weight excluding hydrogens is 290 g/mol. The van der Waals surface area contributed by atoms with Gasteiger partial charge in [-0.2, -0.15) is 0 Å². The van der Waals surface area contributed by atoms with Crippen molar-refractivity contribution in [1.82, 2.24) is 14.8 Å². The molecule has 1 aliphatic carbocycles. The van der Waals surface area contributed by atoms with E-state index >= 15 is 0 Å². The number of aromatic nitrogens is 3. The number of thioether (sulfide) groups is 1. The number of nitrogens with zero attached hydrogens (tertiary/aromatic N) is 4. The monoisotopic (exact) mass is 305 g/mol. The van der Waals surface area contributed by atoms with Crippen LogP contribution < -0.4 is 5.73 Å². The van der Waals surface area contributed by atoms with Gasteiger partial charge < -0.3 is 10.3 Å². The fourth-order valence-corrected chi connectivity index (χ4v) is 3.12. The van der Waals surface area contributed by atoms with Crippen molar-refractivity contribution < 1.29 is 4.92 Å². The molecule has 0 saturated heterocycles. The molecule has 1 aromatic heterocycles.